The molecule has 0 heterocycles. The summed E-state index contributed by atoms with van der Waals surface area (Å²) in [5.74, 6) is -1.27. The van der Waals surface area contributed by atoms with Crippen molar-refractivity contribution in [2.45, 2.75) is 24.2 Å². The predicted octanol–water partition coefficient (Wildman–Crippen LogP) is 2.18. The van der Waals surface area contributed by atoms with Crippen molar-refractivity contribution >= 4 is 27.4 Å². The highest BCUT2D eigenvalue weighted by molar-refractivity contribution is 7.89. The number of carbonyl (C=O) groups is 2. The number of rotatable bonds is 5. The van der Waals surface area contributed by atoms with Crippen molar-refractivity contribution in [2.24, 2.45) is 5.14 Å². The molecule has 0 radical (unpaired) electrons. The molecule has 7 nitrogen and oxygen atoms in total. The van der Waals surface area contributed by atoms with Gasteiger partial charge >= 0.3 is 0 Å². The van der Waals surface area contributed by atoms with Gasteiger partial charge in [-0.15, -0.1) is 0 Å². The number of Topliss-reactive ketones (excluding diaryl/α,β-unsaturated/α-hetero) is 1. The van der Waals surface area contributed by atoms with E-state index in [9.17, 15) is 22.4 Å². The third-order valence-electron chi connectivity index (χ3n) is 4.24. The summed E-state index contributed by atoms with van der Waals surface area (Å²) >= 11 is 0. The zero-order chi connectivity index (χ0) is 19.8. The summed E-state index contributed by atoms with van der Waals surface area (Å²) < 4.78 is 41.8. The van der Waals surface area contributed by atoms with Crippen LogP contribution >= 0.6 is 0 Å². The molecule has 0 fully saturated rings. The van der Waals surface area contributed by atoms with Gasteiger partial charge in [0, 0.05) is 17.7 Å². The summed E-state index contributed by atoms with van der Waals surface area (Å²) in [6, 6.07) is 7.85. The summed E-state index contributed by atoms with van der Waals surface area (Å²) in [6.07, 6.45) is 0.204. The molecular weight excluding hydrogens is 375 g/mol. The molecule has 142 valence electrons. The summed E-state index contributed by atoms with van der Waals surface area (Å²) in [5.41, 5.74) is 0.856. The maximum absolute atomic E-state index is 14.0. The van der Waals surface area contributed by atoms with Gasteiger partial charge in [-0.05, 0) is 42.3 Å². The van der Waals surface area contributed by atoms with Gasteiger partial charge in [-0.25, -0.2) is 17.9 Å². The van der Waals surface area contributed by atoms with Crippen LogP contribution in [0, 0.1) is 5.82 Å². The van der Waals surface area contributed by atoms with Gasteiger partial charge in [-0.2, -0.15) is 0 Å². The van der Waals surface area contributed by atoms with Crippen molar-refractivity contribution in [3.63, 3.8) is 0 Å². The third-order valence-corrected chi connectivity index (χ3v) is 5.17. The highest BCUT2D eigenvalue weighted by Gasteiger charge is 2.32. The number of benzene rings is 2. The molecule has 3 N–H and O–H groups in total. The van der Waals surface area contributed by atoms with Gasteiger partial charge in [0.25, 0.3) is 5.91 Å². The fourth-order valence-corrected chi connectivity index (χ4v) is 3.53. The predicted molar refractivity (Wildman–Crippen MR) is 95.7 cm³/mol. The number of nitrogens with one attached hydrogen (secondary N) is 1. The van der Waals surface area contributed by atoms with Gasteiger partial charge in [-0.3, -0.25) is 9.59 Å². The summed E-state index contributed by atoms with van der Waals surface area (Å²) in [6.45, 7) is 1.37. The third kappa shape index (κ3) is 3.99. The number of hydrogen-bond acceptors (Lipinski definition) is 5. The minimum absolute atomic E-state index is 0.0775. The van der Waals surface area contributed by atoms with Gasteiger partial charge in [0.2, 0.25) is 10.0 Å². The fourth-order valence-electron chi connectivity index (χ4n) is 3.01. The van der Waals surface area contributed by atoms with Crippen LogP contribution in [0.15, 0.2) is 41.3 Å². The van der Waals surface area contributed by atoms with Crippen LogP contribution in [0.25, 0.3) is 0 Å². The monoisotopic (exact) mass is 392 g/mol. The molecule has 0 saturated carbocycles. The quantitative estimate of drug-likeness (QED) is 0.809. The van der Waals surface area contributed by atoms with Crippen LogP contribution in [-0.4, -0.2) is 26.7 Å². The van der Waals surface area contributed by atoms with Crippen LogP contribution in [0.1, 0.15) is 35.2 Å². The van der Waals surface area contributed by atoms with E-state index in [2.05, 4.69) is 5.32 Å². The van der Waals surface area contributed by atoms with E-state index >= 15 is 0 Å². The Morgan fingerprint density at radius 1 is 1.26 bits per heavy atom. The van der Waals surface area contributed by atoms with E-state index in [1.54, 1.807) is 6.92 Å². The number of primary sulfonamides is 1. The molecule has 2 aromatic carbocycles. The highest BCUT2D eigenvalue weighted by Crippen LogP contribution is 2.39. The standard InChI is InChI=1S/C18H17FN2O5S/c1-10-8-14(22)18-15(7-6-13(19)17(10)18)26-9-16(23)21-11-2-4-12(5-3-11)27(20,24)25/h2-7,10H,8-9H2,1H3,(H,21,23)(H2,20,24,25)/t10-/m1/s1. The number of carbonyl (C=O) groups excluding carboxylic acids is 2. The number of fused-ring (bicyclic) bond motifs is 1. The number of ether oxygens (including phenoxy) is 1. The minimum Gasteiger partial charge on any atom is -0.483 e. The van der Waals surface area contributed by atoms with E-state index in [1.807, 2.05) is 0 Å². The SMILES string of the molecule is C[C@@H]1CC(=O)c2c(OCC(=O)Nc3ccc(S(N)(=O)=O)cc3)ccc(F)c21. The van der Waals surface area contributed by atoms with Crippen LogP contribution in [0.4, 0.5) is 10.1 Å². The van der Waals surface area contributed by atoms with Crippen molar-refractivity contribution in [3.05, 3.63) is 53.3 Å². The maximum atomic E-state index is 14.0. The number of nitrogens with two attached hydrogens (primary N) is 1. The second kappa shape index (κ2) is 7.09. The number of sulfonamides is 1. The summed E-state index contributed by atoms with van der Waals surface area (Å²) in [5, 5.41) is 7.54. The first-order chi connectivity index (χ1) is 12.7. The molecule has 3 rings (SSSR count). The Kier molecular flexibility index (Phi) is 4.99. The van der Waals surface area contributed by atoms with Gasteiger partial charge in [0.15, 0.2) is 12.4 Å². The molecule has 9 heteroatoms. The molecule has 1 aliphatic rings. The molecule has 0 aromatic heterocycles. The maximum Gasteiger partial charge on any atom is 0.262 e. The van der Waals surface area contributed by atoms with E-state index in [0.29, 0.717) is 11.3 Å². The largest absolute Gasteiger partial charge is 0.483 e. The van der Waals surface area contributed by atoms with Crippen LogP contribution in [-0.2, 0) is 14.8 Å². The molecule has 27 heavy (non-hydrogen) atoms. The van der Waals surface area contributed by atoms with E-state index in [-0.39, 0.29) is 34.3 Å². The van der Waals surface area contributed by atoms with Gasteiger partial charge in [0.05, 0.1) is 10.5 Å². The molecule has 0 bridgehead atoms. The lowest BCUT2D eigenvalue weighted by molar-refractivity contribution is -0.118. The molecule has 0 aliphatic heterocycles. The topological polar surface area (TPSA) is 116 Å². The zero-order valence-corrected chi connectivity index (χ0v) is 15.2. The average Bonchev–Trinajstić information content (AvgIpc) is 2.90. The number of anilines is 1. The van der Waals surface area contributed by atoms with Crippen molar-refractivity contribution < 1.29 is 27.1 Å². The molecule has 2 aromatic rings. The molecule has 0 unspecified atom stereocenters. The van der Waals surface area contributed by atoms with E-state index < -0.39 is 28.4 Å². The number of halogens is 1. The normalized spacial score (nSPS) is 16.1. The first-order valence-electron chi connectivity index (χ1n) is 8.08. The van der Waals surface area contributed by atoms with Crippen LogP contribution < -0.4 is 15.2 Å². The first kappa shape index (κ1) is 19.0. The van der Waals surface area contributed by atoms with Crippen molar-refractivity contribution in [3.8, 4) is 5.75 Å². The lowest BCUT2D eigenvalue weighted by atomic mass is 10.0. The average molecular weight is 392 g/mol. The lowest BCUT2D eigenvalue weighted by Gasteiger charge is -2.12. The minimum atomic E-state index is -3.81. The Morgan fingerprint density at radius 2 is 1.93 bits per heavy atom. The van der Waals surface area contributed by atoms with Crippen molar-refractivity contribution in [1.29, 1.82) is 0 Å². The van der Waals surface area contributed by atoms with Crippen LogP contribution in [0.5, 0.6) is 5.75 Å². The Bertz CT molecular complexity index is 1020. The number of ketones is 1. The van der Waals surface area contributed by atoms with Gasteiger partial charge in [0.1, 0.15) is 11.6 Å². The molecule has 1 aliphatic carbocycles. The van der Waals surface area contributed by atoms with Crippen LogP contribution in [0.2, 0.25) is 0 Å². The summed E-state index contributed by atoms with van der Waals surface area (Å²) in [7, 11) is -3.81. The molecule has 0 saturated heterocycles. The molecular formula is C18H17FN2O5S. The number of hydrogen-bond donors (Lipinski definition) is 2. The Balaban J connectivity index is 1.68. The Labute approximate surface area is 155 Å². The smallest absolute Gasteiger partial charge is 0.262 e. The number of amides is 1. The first-order valence-corrected chi connectivity index (χ1v) is 9.62. The van der Waals surface area contributed by atoms with Crippen LogP contribution in [0.3, 0.4) is 0 Å². The fraction of sp³-hybridized carbons (Fsp3) is 0.222. The highest BCUT2D eigenvalue weighted by atomic mass is 32.2. The van der Waals surface area contributed by atoms with E-state index in [0.717, 1.165) is 0 Å². The van der Waals surface area contributed by atoms with E-state index in [1.165, 1.54) is 36.4 Å². The second-order valence-electron chi connectivity index (χ2n) is 6.27. The van der Waals surface area contributed by atoms with Gasteiger partial charge in [-0.1, -0.05) is 6.92 Å². The second-order valence-corrected chi connectivity index (χ2v) is 7.83. The Morgan fingerprint density at radius 3 is 2.56 bits per heavy atom. The van der Waals surface area contributed by atoms with Crippen molar-refractivity contribution in [2.75, 3.05) is 11.9 Å². The molecule has 1 amide bonds. The van der Waals surface area contributed by atoms with E-state index in [4.69, 9.17) is 9.88 Å². The Hall–Kier alpha value is -2.78. The zero-order valence-electron chi connectivity index (χ0n) is 14.4. The summed E-state index contributed by atoms with van der Waals surface area (Å²) in [4.78, 5) is 24.1. The van der Waals surface area contributed by atoms with Gasteiger partial charge < -0.3 is 10.1 Å². The lowest BCUT2D eigenvalue weighted by Crippen LogP contribution is -2.21. The molecule has 0 spiro atoms. The van der Waals surface area contributed by atoms with Crippen molar-refractivity contribution in [1.82, 2.24) is 0 Å². The molecule has 1 atom stereocenters.